The lowest BCUT2D eigenvalue weighted by Crippen LogP contribution is -2.42. The Bertz CT molecular complexity index is 368. The Balaban J connectivity index is 2.40. The molecular weight excluding hydrogens is 260 g/mol. The fraction of sp³-hybridized carbons (Fsp3) is 0.857. The fourth-order valence-electron chi connectivity index (χ4n) is 1.84. The first-order chi connectivity index (χ1) is 8.96. The van der Waals surface area contributed by atoms with Gasteiger partial charge in [-0.1, -0.05) is 0 Å². The summed E-state index contributed by atoms with van der Waals surface area (Å²) in [6.45, 7) is 12.0. The van der Waals surface area contributed by atoms with Crippen molar-refractivity contribution < 1.29 is 19.1 Å². The average molecular weight is 286 g/mol. The van der Waals surface area contributed by atoms with Gasteiger partial charge in [-0.2, -0.15) is 0 Å². The molecule has 116 valence electrons. The van der Waals surface area contributed by atoms with Crippen LogP contribution in [0, 0.1) is 0 Å². The molecule has 0 aromatic rings. The summed E-state index contributed by atoms with van der Waals surface area (Å²) >= 11 is 0. The zero-order chi connectivity index (χ0) is 15.6. The molecule has 0 bridgehead atoms. The number of hydrogen-bond donors (Lipinski definition) is 1. The number of alkyl carbamates (subject to hydrolysis) is 1. The molecule has 0 aromatic carbocycles. The predicted octanol–water partition coefficient (Wildman–Crippen LogP) is 2.52. The Morgan fingerprint density at radius 2 is 1.60 bits per heavy atom. The quantitative estimate of drug-likeness (QED) is 0.804. The molecule has 0 aliphatic carbocycles. The van der Waals surface area contributed by atoms with Crippen LogP contribution in [0.1, 0.15) is 48.0 Å². The van der Waals surface area contributed by atoms with Crippen molar-refractivity contribution in [1.82, 2.24) is 10.2 Å². The zero-order valence-corrected chi connectivity index (χ0v) is 13.3. The van der Waals surface area contributed by atoms with Gasteiger partial charge in [0, 0.05) is 13.1 Å². The van der Waals surface area contributed by atoms with E-state index in [-0.39, 0.29) is 12.1 Å². The summed E-state index contributed by atoms with van der Waals surface area (Å²) < 4.78 is 10.5. The minimum Gasteiger partial charge on any atom is -0.444 e. The molecule has 1 atom stereocenters. The van der Waals surface area contributed by atoms with Crippen LogP contribution in [-0.4, -0.2) is 47.4 Å². The number of amides is 2. The molecule has 0 radical (unpaired) electrons. The molecule has 1 fully saturated rings. The lowest BCUT2D eigenvalue weighted by atomic mass is 10.2. The van der Waals surface area contributed by atoms with Crippen molar-refractivity contribution in [2.24, 2.45) is 0 Å². The van der Waals surface area contributed by atoms with Crippen molar-refractivity contribution >= 4 is 12.2 Å². The van der Waals surface area contributed by atoms with Gasteiger partial charge in [0.2, 0.25) is 0 Å². The molecule has 20 heavy (non-hydrogen) atoms. The Kier molecular flexibility index (Phi) is 4.89. The maximum Gasteiger partial charge on any atom is 0.410 e. The first kappa shape index (κ1) is 16.6. The molecule has 1 saturated heterocycles. The lowest BCUT2D eigenvalue weighted by molar-refractivity contribution is 0.0282. The van der Waals surface area contributed by atoms with Crippen LogP contribution in [0.3, 0.4) is 0 Å². The third kappa shape index (κ3) is 6.12. The van der Waals surface area contributed by atoms with E-state index in [0.717, 1.165) is 0 Å². The normalized spacial score (nSPS) is 19.7. The largest absolute Gasteiger partial charge is 0.444 e. The third-order valence-corrected chi connectivity index (χ3v) is 2.56. The average Bonchev–Trinajstić information content (AvgIpc) is 2.59. The van der Waals surface area contributed by atoms with Crippen LogP contribution in [0.25, 0.3) is 0 Å². The van der Waals surface area contributed by atoms with Crippen molar-refractivity contribution in [3.05, 3.63) is 0 Å². The van der Waals surface area contributed by atoms with Crippen molar-refractivity contribution in [2.45, 2.75) is 65.2 Å². The van der Waals surface area contributed by atoms with Gasteiger partial charge in [-0.05, 0) is 48.0 Å². The molecule has 1 rings (SSSR count). The number of carbonyl (C=O) groups excluding carboxylic acids is 2. The maximum absolute atomic E-state index is 11.9. The van der Waals surface area contributed by atoms with E-state index in [1.807, 2.05) is 41.5 Å². The van der Waals surface area contributed by atoms with Crippen LogP contribution in [0.5, 0.6) is 0 Å². The standard InChI is InChI=1S/C14H26N2O4/c1-13(2,3)19-11(17)15-10-7-8-16(9-10)12(18)20-14(4,5)6/h10H,7-9H2,1-6H3,(H,15,17)/t10-/m1/s1. The second-order valence-electron chi connectivity index (χ2n) is 7.06. The molecule has 0 saturated carbocycles. The fourth-order valence-corrected chi connectivity index (χ4v) is 1.84. The Hall–Kier alpha value is -1.46. The number of nitrogens with zero attached hydrogens (tertiary/aromatic N) is 1. The van der Waals surface area contributed by atoms with Crippen molar-refractivity contribution in [2.75, 3.05) is 13.1 Å². The predicted molar refractivity (Wildman–Crippen MR) is 75.6 cm³/mol. The van der Waals surface area contributed by atoms with Crippen LogP contribution in [0.4, 0.5) is 9.59 Å². The molecule has 1 heterocycles. The van der Waals surface area contributed by atoms with Gasteiger partial charge < -0.3 is 19.7 Å². The summed E-state index contributed by atoms with van der Waals surface area (Å²) in [6.07, 6.45) is -0.0853. The van der Waals surface area contributed by atoms with Gasteiger partial charge >= 0.3 is 12.2 Å². The minimum atomic E-state index is -0.520. The van der Waals surface area contributed by atoms with Crippen LogP contribution in [0.2, 0.25) is 0 Å². The highest BCUT2D eigenvalue weighted by molar-refractivity contribution is 5.70. The molecular formula is C14H26N2O4. The molecule has 0 aromatic heterocycles. The summed E-state index contributed by atoms with van der Waals surface area (Å²) in [5, 5.41) is 2.77. The second-order valence-corrected chi connectivity index (χ2v) is 7.06. The van der Waals surface area contributed by atoms with E-state index < -0.39 is 17.3 Å². The van der Waals surface area contributed by atoms with Gasteiger partial charge in [0.1, 0.15) is 11.2 Å². The van der Waals surface area contributed by atoms with Crippen LogP contribution in [0.15, 0.2) is 0 Å². The summed E-state index contributed by atoms with van der Waals surface area (Å²) in [7, 11) is 0. The van der Waals surface area contributed by atoms with Crippen LogP contribution in [-0.2, 0) is 9.47 Å². The van der Waals surface area contributed by atoms with Gasteiger partial charge in [-0.15, -0.1) is 0 Å². The summed E-state index contributed by atoms with van der Waals surface area (Å²) in [6, 6.07) is -0.0858. The van der Waals surface area contributed by atoms with Gasteiger partial charge in [-0.3, -0.25) is 0 Å². The Morgan fingerprint density at radius 1 is 1.05 bits per heavy atom. The topological polar surface area (TPSA) is 67.9 Å². The molecule has 0 spiro atoms. The molecule has 1 N–H and O–H groups in total. The highest BCUT2D eigenvalue weighted by atomic mass is 16.6. The Labute approximate surface area is 120 Å². The lowest BCUT2D eigenvalue weighted by Gasteiger charge is -2.25. The molecule has 6 nitrogen and oxygen atoms in total. The minimum absolute atomic E-state index is 0.0858. The van der Waals surface area contributed by atoms with Crippen molar-refractivity contribution in [3.63, 3.8) is 0 Å². The van der Waals surface area contributed by atoms with Gasteiger partial charge in [-0.25, -0.2) is 9.59 Å². The number of nitrogens with one attached hydrogen (secondary N) is 1. The van der Waals surface area contributed by atoms with E-state index in [0.29, 0.717) is 19.5 Å². The molecule has 6 heteroatoms. The number of ether oxygens (including phenoxy) is 2. The highest BCUT2D eigenvalue weighted by Gasteiger charge is 2.31. The number of likely N-dealkylation sites (tertiary alicyclic amines) is 1. The van der Waals surface area contributed by atoms with E-state index in [4.69, 9.17) is 9.47 Å². The first-order valence-electron chi connectivity index (χ1n) is 6.94. The maximum atomic E-state index is 11.9. The molecule has 0 unspecified atom stereocenters. The molecule has 2 amide bonds. The smallest absolute Gasteiger partial charge is 0.410 e. The number of carbonyl (C=O) groups is 2. The van der Waals surface area contributed by atoms with Crippen molar-refractivity contribution in [3.8, 4) is 0 Å². The summed E-state index contributed by atoms with van der Waals surface area (Å²) in [4.78, 5) is 25.1. The molecule has 1 aliphatic rings. The van der Waals surface area contributed by atoms with Gasteiger partial charge in [0.25, 0.3) is 0 Å². The van der Waals surface area contributed by atoms with E-state index in [9.17, 15) is 9.59 Å². The summed E-state index contributed by atoms with van der Waals surface area (Å²) in [5.74, 6) is 0. The van der Waals surface area contributed by atoms with Crippen molar-refractivity contribution in [1.29, 1.82) is 0 Å². The molecule has 1 aliphatic heterocycles. The SMILES string of the molecule is CC(C)(C)OC(=O)N[C@@H]1CCN(C(=O)OC(C)(C)C)C1. The first-order valence-corrected chi connectivity index (χ1v) is 6.94. The van der Waals surface area contributed by atoms with E-state index >= 15 is 0 Å². The van der Waals surface area contributed by atoms with E-state index in [2.05, 4.69) is 5.32 Å². The Morgan fingerprint density at radius 3 is 2.10 bits per heavy atom. The van der Waals surface area contributed by atoms with Gasteiger partial charge in [0.05, 0.1) is 6.04 Å². The van der Waals surface area contributed by atoms with E-state index in [1.165, 1.54) is 0 Å². The number of hydrogen-bond acceptors (Lipinski definition) is 4. The van der Waals surface area contributed by atoms with Crippen LogP contribution >= 0.6 is 0 Å². The number of rotatable bonds is 1. The van der Waals surface area contributed by atoms with E-state index in [1.54, 1.807) is 4.90 Å². The van der Waals surface area contributed by atoms with Crippen LogP contribution < -0.4 is 5.32 Å². The monoisotopic (exact) mass is 286 g/mol. The summed E-state index contributed by atoms with van der Waals surface area (Å²) in [5.41, 5.74) is -1.03. The highest BCUT2D eigenvalue weighted by Crippen LogP contribution is 2.16. The third-order valence-electron chi connectivity index (χ3n) is 2.56. The zero-order valence-electron chi connectivity index (χ0n) is 13.3. The van der Waals surface area contributed by atoms with Gasteiger partial charge in [0.15, 0.2) is 0 Å². The second kappa shape index (κ2) is 5.89.